The molecule has 0 atom stereocenters. The molecule has 0 saturated heterocycles. The number of carbonyl (C=O) groups is 1. The van der Waals surface area contributed by atoms with Crippen molar-refractivity contribution in [3.63, 3.8) is 0 Å². The topological polar surface area (TPSA) is 63.9 Å². The van der Waals surface area contributed by atoms with E-state index in [-0.39, 0.29) is 0 Å². The SMILES string of the molecule is N#C/C(=C\c1c(F)cccc1F)C(=O)[O-]. The maximum atomic E-state index is 13.0. The number of hydrogen-bond donors (Lipinski definition) is 0. The van der Waals surface area contributed by atoms with Gasteiger partial charge in [-0.3, -0.25) is 0 Å². The number of nitriles is 1. The van der Waals surface area contributed by atoms with Gasteiger partial charge in [0.1, 0.15) is 17.7 Å². The molecule has 15 heavy (non-hydrogen) atoms. The number of carboxylic acids is 1. The molecule has 0 amide bonds. The number of nitrogens with zero attached hydrogens (tertiary/aromatic N) is 1. The highest BCUT2D eigenvalue weighted by Gasteiger charge is 2.07. The minimum Gasteiger partial charge on any atom is -0.544 e. The van der Waals surface area contributed by atoms with Crippen LogP contribution in [0.4, 0.5) is 8.78 Å². The summed E-state index contributed by atoms with van der Waals surface area (Å²) in [6.07, 6.45) is 0.597. The average molecular weight is 208 g/mol. The molecule has 0 aliphatic rings. The quantitative estimate of drug-likeness (QED) is 0.528. The van der Waals surface area contributed by atoms with Gasteiger partial charge in [-0.2, -0.15) is 5.26 Å². The van der Waals surface area contributed by atoms with Crippen LogP contribution in [-0.4, -0.2) is 5.97 Å². The van der Waals surface area contributed by atoms with E-state index in [0.29, 0.717) is 6.08 Å². The summed E-state index contributed by atoms with van der Waals surface area (Å²) < 4.78 is 26.0. The van der Waals surface area contributed by atoms with Gasteiger partial charge >= 0.3 is 0 Å². The molecule has 0 aliphatic heterocycles. The monoisotopic (exact) mass is 208 g/mol. The lowest BCUT2D eigenvalue weighted by Gasteiger charge is -2.01. The summed E-state index contributed by atoms with van der Waals surface area (Å²) in [5.74, 6) is -3.66. The van der Waals surface area contributed by atoms with Gasteiger partial charge in [-0.1, -0.05) is 6.07 Å². The zero-order valence-corrected chi connectivity index (χ0v) is 7.33. The Morgan fingerprint density at radius 2 is 1.93 bits per heavy atom. The summed E-state index contributed by atoms with van der Waals surface area (Å²) in [7, 11) is 0. The van der Waals surface area contributed by atoms with Crippen LogP contribution in [0.15, 0.2) is 23.8 Å². The molecule has 0 N–H and O–H groups in total. The Labute approximate surface area is 83.9 Å². The molecule has 0 unspecified atom stereocenters. The molecule has 0 fully saturated rings. The normalized spacial score (nSPS) is 10.9. The Bertz CT molecular complexity index is 455. The van der Waals surface area contributed by atoms with Crippen LogP contribution < -0.4 is 5.11 Å². The highest BCUT2D eigenvalue weighted by molar-refractivity contribution is 5.95. The summed E-state index contributed by atoms with van der Waals surface area (Å²) in [4.78, 5) is 10.3. The molecule has 0 aliphatic carbocycles. The predicted octanol–water partition coefficient (Wildman–Crippen LogP) is 0.622. The predicted molar refractivity (Wildman–Crippen MR) is 45.0 cm³/mol. The summed E-state index contributed by atoms with van der Waals surface area (Å²) in [6.45, 7) is 0. The van der Waals surface area contributed by atoms with E-state index in [9.17, 15) is 18.7 Å². The molecule has 0 saturated carbocycles. The fourth-order valence-electron chi connectivity index (χ4n) is 0.930. The highest BCUT2D eigenvalue weighted by Crippen LogP contribution is 2.15. The fraction of sp³-hybridized carbons (Fsp3) is 0. The Kier molecular flexibility index (Phi) is 3.13. The van der Waals surface area contributed by atoms with Gasteiger partial charge < -0.3 is 9.90 Å². The van der Waals surface area contributed by atoms with Crippen LogP contribution in [0, 0.1) is 23.0 Å². The molecule has 1 aromatic rings. The number of hydrogen-bond acceptors (Lipinski definition) is 3. The first-order valence-corrected chi connectivity index (χ1v) is 3.83. The van der Waals surface area contributed by atoms with Crippen LogP contribution in [0.25, 0.3) is 6.08 Å². The van der Waals surface area contributed by atoms with Crippen LogP contribution in [-0.2, 0) is 4.79 Å². The van der Waals surface area contributed by atoms with Gasteiger partial charge in [-0.15, -0.1) is 0 Å². The molecule has 1 aromatic carbocycles. The van der Waals surface area contributed by atoms with Crippen LogP contribution in [0.2, 0.25) is 0 Å². The van der Waals surface area contributed by atoms with Crippen molar-refractivity contribution in [1.82, 2.24) is 0 Å². The van der Waals surface area contributed by atoms with E-state index in [1.54, 1.807) is 0 Å². The largest absolute Gasteiger partial charge is 0.544 e. The second-order valence-corrected chi connectivity index (χ2v) is 2.59. The van der Waals surface area contributed by atoms with Crippen molar-refractivity contribution in [2.24, 2.45) is 0 Å². The average Bonchev–Trinajstić information content (AvgIpc) is 2.17. The smallest absolute Gasteiger partial charge is 0.133 e. The molecule has 0 bridgehead atoms. The van der Waals surface area contributed by atoms with E-state index >= 15 is 0 Å². The van der Waals surface area contributed by atoms with Gasteiger partial charge in [-0.25, -0.2) is 8.78 Å². The zero-order valence-electron chi connectivity index (χ0n) is 7.33. The van der Waals surface area contributed by atoms with Crippen molar-refractivity contribution in [2.45, 2.75) is 0 Å². The van der Waals surface area contributed by atoms with E-state index in [1.165, 1.54) is 6.07 Å². The second kappa shape index (κ2) is 4.33. The van der Waals surface area contributed by atoms with Crippen LogP contribution >= 0.6 is 0 Å². The maximum absolute atomic E-state index is 13.0. The van der Waals surface area contributed by atoms with Crippen molar-refractivity contribution >= 4 is 12.0 Å². The minimum absolute atomic E-state index is 0.571. The molecule has 76 valence electrons. The van der Waals surface area contributed by atoms with Gasteiger partial charge in [0.25, 0.3) is 0 Å². The van der Waals surface area contributed by atoms with Gasteiger partial charge in [0, 0.05) is 5.56 Å². The molecule has 5 heteroatoms. The molecule has 0 aromatic heterocycles. The van der Waals surface area contributed by atoms with Crippen LogP contribution in [0.3, 0.4) is 0 Å². The molecule has 0 radical (unpaired) electrons. The van der Waals surface area contributed by atoms with Gasteiger partial charge in [0.2, 0.25) is 0 Å². The number of rotatable bonds is 2. The molecule has 3 nitrogen and oxygen atoms in total. The minimum atomic E-state index is -1.78. The molecular formula is C10H4F2NO2-. The first-order chi connectivity index (χ1) is 7.06. The number of carboxylic acid groups (broad SMARTS) is 1. The summed E-state index contributed by atoms with van der Waals surface area (Å²) in [6, 6.07) is 4.32. The summed E-state index contributed by atoms with van der Waals surface area (Å²) >= 11 is 0. The number of carbonyl (C=O) groups excluding carboxylic acids is 1. The van der Waals surface area contributed by atoms with Crippen molar-refractivity contribution < 1.29 is 18.7 Å². The summed E-state index contributed by atoms with van der Waals surface area (Å²) in [5.41, 5.74) is -1.41. The third kappa shape index (κ3) is 2.38. The first-order valence-electron chi connectivity index (χ1n) is 3.83. The number of aliphatic carboxylic acids is 1. The maximum Gasteiger partial charge on any atom is 0.133 e. The van der Waals surface area contributed by atoms with Crippen LogP contribution in [0.1, 0.15) is 5.56 Å². The third-order valence-corrected chi connectivity index (χ3v) is 1.63. The standard InChI is InChI=1S/C10H5F2NO2/c11-8-2-1-3-9(12)7(8)4-6(5-13)10(14)15/h1-4H,(H,14,15)/p-1/b6-4+. The third-order valence-electron chi connectivity index (χ3n) is 1.63. The van der Waals surface area contributed by atoms with E-state index in [1.807, 2.05) is 0 Å². The van der Waals surface area contributed by atoms with Crippen molar-refractivity contribution in [1.29, 1.82) is 5.26 Å². The lowest BCUT2D eigenvalue weighted by molar-refractivity contribution is -0.298. The Morgan fingerprint density at radius 3 is 2.33 bits per heavy atom. The Balaban J connectivity index is 3.30. The van der Waals surface area contributed by atoms with E-state index < -0.39 is 28.7 Å². The van der Waals surface area contributed by atoms with E-state index in [4.69, 9.17) is 5.26 Å². The van der Waals surface area contributed by atoms with Crippen molar-refractivity contribution in [3.05, 3.63) is 41.0 Å². The van der Waals surface area contributed by atoms with Gasteiger partial charge in [-0.05, 0) is 18.2 Å². The zero-order chi connectivity index (χ0) is 11.4. The first kappa shape index (κ1) is 10.9. The van der Waals surface area contributed by atoms with Crippen molar-refractivity contribution in [2.75, 3.05) is 0 Å². The molecule has 1 rings (SSSR count). The van der Waals surface area contributed by atoms with Crippen LogP contribution in [0.5, 0.6) is 0 Å². The highest BCUT2D eigenvalue weighted by atomic mass is 19.1. The Hall–Kier alpha value is -2.22. The molecular weight excluding hydrogens is 204 g/mol. The second-order valence-electron chi connectivity index (χ2n) is 2.59. The Morgan fingerprint density at radius 1 is 1.40 bits per heavy atom. The lowest BCUT2D eigenvalue weighted by atomic mass is 10.1. The molecule has 0 heterocycles. The van der Waals surface area contributed by atoms with E-state index in [2.05, 4.69) is 0 Å². The number of benzene rings is 1. The van der Waals surface area contributed by atoms with Gasteiger partial charge in [0.05, 0.1) is 11.5 Å². The van der Waals surface area contributed by atoms with Gasteiger partial charge in [0.15, 0.2) is 0 Å². The van der Waals surface area contributed by atoms with Crippen molar-refractivity contribution in [3.8, 4) is 6.07 Å². The summed E-state index contributed by atoms with van der Waals surface area (Å²) in [5, 5.41) is 18.7. The lowest BCUT2D eigenvalue weighted by Crippen LogP contribution is -2.23. The number of halogens is 2. The molecule has 0 spiro atoms. The van der Waals surface area contributed by atoms with E-state index in [0.717, 1.165) is 18.2 Å². The fourth-order valence-corrected chi connectivity index (χ4v) is 0.930.